The number of carboxylic acid groups (broad SMARTS) is 1. The van der Waals surface area contributed by atoms with Crippen molar-refractivity contribution in [3.8, 4) is 11.5 Å². The van der Waals surface area contributed by atoms with Crippen molar-refractivity contribution in [2.75, 3.05) is 19.5 Å². The van der Waals surface area contributed by atoms with Crippen LogP contribution in [0.4, 0.5) is 10.1 Å². The zero-order valence-electron chi connectivity index (χ0n) is 15.0. The first-order chi connectivity index (χ1) is 13.3. The van der Waals surface area contributed by atoms with Gasteiger partial charge in [0.05, 0.1) is 36.8 Å². The predicted octanol–water partition coefficient (Wildman–Crippen LogP) is 4.11. The van der Waals surface area contributed by atoms with E-state index in [0.29, 0.717) is 22.6 Å². The summed E-state index contributed by atoms with van der Waals surface area (Å²) < 4.78 is 25.4. The largest absolute Gasteiger partial charge is 0.493 e. The number of methoxy groups -OCH3 is 2. The number of amides is 1. The quantitative estimate of drug-likeness (QED) is 0.749. The molecule has 9 heteroatoms. The van der Waals surface area contributed by atoms with Gasteiger partial charge in [0.25, 0.3) is 0 Å². The molecule has 2 N–H and O–H groups in total. The highest BCUT2D eigenvalue weighted by molar-refractivity contribution is 8.01. The van der Waals surface area contributed by atoms with Gasteiger partial charge in [0.15, 0.2) is 11.5 Å². The average Bonchev–Trinajstić information content (AvgIpc) is 2.78. The molecule has 0 spiro atoms. The van der Waals surface area contributed by atoms with Gasteiger partial charge in [0, 0.05) is 10.6 Å². The normalized spacial score (nSPS) is 18.6. The Balaban J connectivity index is 2.23. The number of thioether (sulfide) groups is 1. The third-order valence-electron chi connectivity index (χ3n) is 4.28. The molecule has 2 atom stereocenters. The zero-order chi connectivity index (χ0) is 20.4. The molecular weight excluding hydrogens is 409 g/mol. The average molecular weight is 426 g/mol. The maximum absolute atomic E-state index is 14.6. The minimum atomic E-state index is -1.13. The number of carbonyl (C=O) groups is 2. The van der Waals surface area contributed by atoms with Gasteiger partial charge in [-0.05, 0) is 23.8 Å². The molecule has 1 amide bonds. The molecule has 0 saturated carbocycles. The third kappa shape index (κ3) is 3.88. The Hall–Kier alpha value is -2.45. The maximum atomic E-state index is 14.6. The van der Waals surface area contributed by atoms with Crippen LogP contribution in [0.1, 0.15) is 22.8 Å². The number of fused-ring (bicyclic) bond motifs is 1. The van der Waals surface area contributed by atoms with Crippen LogP contribution >= 0.6 is 23.4 Å². The lowest BCUT2D eigenvalue weighted by Gasteiger charge is -2.23. The van der Waals surface area contributed by atoms with Crippen LogP contribution in [-0.2, 0) is 9.59 Å². The number of hydrogen-bond donors (Lipinski definition) is 2. The van der Waals surface area contributed by atoms with E-state index in [9.17, 15) is 19.1 Å². The second kappa shape index (κ2) is 8.28. The number of rotatable bonds is 5. The minimum Gasteiger partial charge on any atom is -0.493 e. The summed E-state index contributed by atoms with van der Waals surface area (Å²) >= 11 is 7.16. The van der Waals surface area contributed by atoms with E-state index in [4.69, 9.17) is 21.1 Å². The monoisotopic (exact) mass is 425 g/mol. The molecule has 1 aliphatic heterocycles. The van der Waals surface area contributed by atoms with Crippen LogP contribution in [0.3, 0.4) is 0 Å². The van der Waals surface area contributed by atoms with Crippen molar-refractivity contribution in [1.29, 1.82) is 0 Å². The summed E-state index contributed by atoms with van der Waals surface area (Å²) in [6.45, 7) is 0. The van der Waals surface area contributed by atoms with Crippen LogP contribution in [0, 0.1) is 5.82 Å². The van der Waals surface area contributed by atoms with Gasteiger partial charge in [-0.2, -0.15) is 0 Å². The summed E-state index contributed by atoms with van der Waals surface area (Å²) in [5, 5.41) is 10.3. The fourth-order valence-electron chi connectivity index (χ4n) is 3.09. The standard InChI is InChI=1S/C19H17ClFNO5S/c1-26-13-5-3-4-10(17(13)27-2)18-11-6-9(20)7-12(21)16(11)22-19(25)14(28-18)8-15(23)24/h3-7,14,18H,8H2,1-2H3,(H,22,25)(H,23,24)/t14-,18-/m0/s1. The number of para-hydroxylation sites is 1. The molecule has 1 heterocycles. The number of hydrogen-bond acceptors (Lipinski definition) is 5. The predicted molar refractivity (Wildman–Crippen MR) is 105 cm³/mol. The fraction of sp³-hybridized carbons (Fsp3) is 0.263. The maximum Gasteiger partial charge on any atom is 0.305 e. The number of anilines is 1. The Morgan fingerprint density at radius 1 is 1.29 bits per heavy atom. The van der Waals surface area contributed by atoms with E-state index in [2.05, 4.69) is 5.32 Å². The van der Waals surface area contributed by atoms with Crippen molar-refractivity contribution in [3.05, 3.63) is 52.3 Å². The Labute approximate surface area is 170 Å². The molecule has 2 aromatic carbocycles. The molecule has 2 aromatic rings. The number of ether oxygens (including phenoxy) is 2. The van der Waals surface area contributed by atoms with Gasteiger partial charge in [-0.25, -0.2) is 4.39 Å². The molecule has 0 aromatic heterocycles. The van der Waals surface area contributed by atoms with E-state index < -0.39 is 34.6 Å². The lowest BCUT2D eigenvalue weighted by molar-refractivity contribution is -0.138. The summed E-state index contributed by atoms with van der Waals surface area (Å²) in [4.78, 5) is 23.8. The van der Waals surface area contributed by atoms with Crippen molar-refractivity contribution in [2.45, 2.75) is 16.9 Å². The SMILES string of the molecule is COc1cccc([C@@H]2S[C@@H](CC(=O)O)C(=O)Nc3c(F)cc(Cl)cc32)c1OC. The van der Waals surface area contributed by atoms with Gasteiger partial charge in [-0.3, -0.25) is 9.59 Å². The van der Waals surface area contributed by atoms with E-state index in [0.717, 1.165) is 17.8 Å². The van der Waals surface area contributed by atoms with Crippen LogP contribution in [0.2, 0.25) is 5.02 Å². The van der Waals surface area contributed by atoms with Crippen molar-refractivity contribution >= 4 is 40.9 Å². The first-order valence-electron chi connectivity index (χ1n) is 8.23. The highest BCUT2D eigenvalue weighted by Crippen LogP contribution is 2.50. The summed E-state index contributed by atoms with van der Waals surface area (Å²) in [5.74, 6) is -1.53. The summed E-state index contributed by atoms with van der Waals surface area (Å²) in [6, 6.07) is 7.86. The second-order valence-corrected chi connectivity index (χ2v) is 7.78. The highest BCUT2D eigenvalue weighted by Gasteiger charge is 2.36. The number of carbonyl (C=O) groups excluding carboxylic acids is 1. The molecule has 0 saturated heterocycles. The summed E-state index contributed by atoms with van der Waals surface area (Å²) in [6.07, 6.45) is -0.414. The lowest BCUT2D eigenvalue weighted by Crippen LogP contribution is -2.26. The van der Waals surface area contributed by atoms with Gasteiger partial charge in [0.2, 0.25) is 5.91 Å². The molecule has 0 radical (unpaired) electrons. The fourth-order valence-corrected chi connectivity index (χ4v) is 4.72. The molecule has 28 heavy (non-hydrogen) atoms. The van der Waals surface area contributed by atoms with Crippen LogP contribution in [-0.4, -0.2) is 36.5 Å². The third-order valence-corrected chi connectivity index (χ3v) is 5.99. The van der Waals surface area contributed by atoms with Gasteiger partial charge in [0.1, 0.15) is 5.82 Å². The molecule has 3 rings (SSSR count). The van der Waals surface area contributed by atoms with E-state index in [1.165, 1.54) is 14.2 Å². The Morgan fingerprint density at radius 3 is 2.68 bits per heavy atom. The second-order valence-electron chi connectivity index (χ2n) is 6.03. The molecule has 0 fully saturated rings. The molecule has 148 valence electrons. The molecule has 6 nitrogen and oxygen atoms in total. The van der Waals surface area contributed by atoms with E-state index in [-0.39, 0.29) is 10.7 Å². The summed E-state index contributed by atoms with van der Waals surface area (Å²) in [5.41, 5.74) is 1.01. The number of benzene rings is 2. The number of aliphatic carboxylic acids is 1. The van der Waals surface area contributed by atoms with E-state index >= 15 is 0 Å². The smallest absolute Gasteiger partial charge is 0.305 e. The Morgan fingerprint density at radius 2 is 2.04 bits per heavy atom. The topological polar surface area (TPSA) is 84.9 Å². The van der Waals surface area contributed by atoms with Crippen molar-refractivity contribution in [3.63, 3.8) is 0 Å². The van der Waals surface area contributed by atoms with Gasteiger partial charge < -0.3 is 19.9 Å². The number of halogens is 2. The molecule has 0 aliphatic carbocycles. The van der Waals surface area contributed by atoms with Crippen LogP contribution in [0.5, 0.6) is 11.5 Å². The Kier molecular flexibility index (Phi) is 6.00. The van der Waals surface area contributed by atoms with Crippen LogP contribution in [0.15, 0.2) is 30.3 Å². The van der Waals surface area contributed by atoms with Gasteiger partial charge in [-0.1, -0.05) is 23.7 Å². The lowest BCUT2D eigenvalue weighted by atomic mass is 10.0. The molecule has 1 aliphatic rings. The van der Waals surface area contributed by atoms with Crippen molar-refractivity contribution in [2.24, 2.45) is 0 Å². The first-order valence-corrected chi connectivity index (χ1v) is 9.55. The van der Waals surface area contributed by atoms with Crippen LogP contribution < -0.4 is 14.8 Å². The number of carboxylic acids is 1. The van der Waals surface area contributed by atoms with Gasteiger partial charge in [-0.15, -0.1) is 11.8 Å². The van der Waals surface area contributed by atoms with Crippen LogP contribution in [0.25, 0.3) is 0 Å². The molecule has 0 unspecified atom stereocenters. The highest BCUT2D eigenvalue weighted by atomic mass is 35.5. The minimum absolute atomic E-state index is 0.0235. The van der Waals surface area contributed by atoms with Crippen molar-refractivity contribution in [1.82, 2.24) is 0 Å². The first kappa shape index (κ1) is 20.3. The molecular formula is C19H17ClFNO5S. The number of nitrogens with one attached hydrogen (secondary N) is 1. The Bertz CT molecular complexity index is 939. The molecule has 0 bridgehead atoms. The zero-order valence-corrected chi connectivity index (χ0v) is 16.6. The van der Waals surface area contributed by atoms with Crippen molar-refractivity contribution < 1.29 is 28.6 Å². The summed E-state index contributed by atoms with van der Waals surface area (Å²) in [7, 11) is 2.96. The van der Waals surface area contributed by atoms with Gasteiger partial charge >= 0.3 is 5.97 Å². The van der Waals surface area contributed by atoms with E-state index in [1.807, 2.05) is 0 Å². The van der Waals surface area contributed by atoms with E-state index in [1.54, 1.807) is 24.3 Å².